The number of benzene rings is 2. The van der Waals surface area contributed by atoms with Crippen molar-refractivity contribution in [2.45, 2.75) is 25.7 Å². The van der Waals surface area contributed by atoms with Crippen LogP contribution in [0.15, 0.2) is 54.6 Å². The average Bonchev–Trinajstić information content (AvgIpc) is 2.47. The van der Waals surface area contributed by atoms with Gasteiger partial charge < -0.3 is 0 Å². The summed E-state index contributed by atoms with van der Waals surface area (Å²) in [6.45, 7) is 4.58. The maximum Gasteiger partial charge on any atom is 0.0248 e. The summed E-state index contributed by atoms with van der Waals surface area (Å²) < 4.78 is 0. The fraction of sp³-hybridized carbons (Fsp3) is 0.200. The zero-order valence-corrected chi connectivity index (χ0v) is 12.0. The van der Waals surface area contributed by atoms with Gasteiger partial charge in [-0.3, -0.25) is 0 Å². The summed E-state index contributed by atoms with van der Waals surface area (Å²) in [5.41, 5.74) is 6.35. The van der Waals surface area contributed by atoms with E-state index in [4.69, 9.17) is 6.42 Å². The van der Waals surface area contributed by atoms with E-state index in [1.807, 2.05) is 0 Å². The molecule has 1 aliphatic carbocycles. The van der Waals surface area contributed by atoms with E-state index >= 15 is 0 Å². The first-order chi connectivity index (χ1) is 9.62. The molecule has 3 rings (SSSR count). The van der Waals surface area contributed by atoms with Crippen LogP contribution in [0.5, 0.6) is 0 Å². The van der Waals surface area contributed by atoms with Gasteiger partial charge in [0.15, 0.2) is 0 Å². The molecule has 1 aliphatic rings. The molecule has 0 saturated carbocycles. The lowest BCUT2D eigenvalue weighted by Crippen LogP contribution is -2.21. The lowest BCUT2D eigenvalue weighted by molar-refractivity contribution is 0.527. The van der Waals surface area contributed by atoms with Crippen LogP contribution in [-0.4, -0.2) is 0 Å². The maximum atomic E-state index is 5.57. The Hall–Kier alpha value is -2.26. The van der Waals surface area contributed by atoms with Gasteiger partial charge >= 0.3 is 0 Å². The summed E-state index contributed by atoms with van der Waals surface area (Å²) in [7, 11) is 0. The van der Waals surface area contributed by atoms with E-state index in [0.717, 1.165) is 12.0 Å². The van der Waals surface area contributed by atoms with Crippen molar-refractivity contribution in [1.82, 2.24) is 0 Å². The Kier molecular flexibility index (Phi) is 2.99. The average molecular weight is 258 g/mol. The van der Waals surface area contributed by atoms with Crippen LogP contribution in [0.25, 0.3) is 5.57 Å². The van der Waals surface area contributed by atoms with Gasteiger partial charge in [-0.1, -0.05) is 62.2 Å². The molecule has 0 heteroatoms. The second-order valence-corrected chi connectivity index (χ2v) is 5.98. The van der Waals surface area contributed by atoms with E-state index in [0.29, 0.717) is 0 Å². The van der Waals surface area contributed by atoms with Gasteiger partial charge in [-0.25, -0.2) is 0 Å². The number of rotatable bonds is 1. The minimum absolute atomic E-state index is 0.167. The molecule has 98 valence electrons. The van der Waals surface area contributed by atoms with Gasteiger partial charge in [-0.05, 0) is 46.2 Å². The largest absolute Gasteiger partial charge is 0.115 e. The molecule has 20 heavy (non-hydrogen) atoms. The Bertz CT molecular complexity index is 709. The SMILES string of the molecule is C#Cc1ccc2c(c1)C(c1ccccc1)=CCC2(C)C. The van der Waals surface area contributed by atoms with E-state index in [1.165, 1.54) is 22.3 Å². The topological polar surface area (TPSA) is 0 Å². The first kappa shape index (κ1) is 12.8. The van der Waals surface area contributed by atoms with Crippen LogP contribution >= 0.6 is 0 Å². The Labute approximate surface area is 121 Å². The smallest absolute Gasteiger partial charge is 0.0248 e. The molecule has 0 fully saturated rings. The van der Waals surface area contributed by atoms with E-state index in [9.17, 15) is 0 Å². The Morgan fingerprint density at radius 2 is 1.80 bits per heavy atom. The zero-order chi connectivity index (χ0) is 14.2. The molecule has 0 nitrogen and oxygen atoms in total. The lowest BCUT2D eigenvalue weighted by Gasteiger charge is -2.32. The van der Waals surface area contributed by atoms with Crippen molar-refractivity contribution in [1.29, 1.82) is 0 Å². The maximum absolute atomic E-state index is 5.57. The Morgan fingerprint density at radius 3 is 2.50 bits per heavy atom. The molecular formula is C20H18. The number of hydrogen-bond donors (Lipinski definition) is 0. The zero-order valence-electron chi connectivity index (χ0n) is 12.0. The molecule has 0 N–H and O–H groups in total. The fourth-order valence-corrected chi connectivity index (χ4v) is 2.92. The molecule has 0 heterocycles. The molecule has 2 aromatic rings. The predicted molar refractivity (Wildman–Crippen MR) is 85.5 cm³/mol. The third kappa shape index (κ3) is 2.06. The number of terminal acetylenes is 1. The summed E-state index contributed by atoms with van der Waals surface area (Å²) in [5, 5.41) is 0. The van der Waals surface area contributed by atoms with Crippen LogP contribution < -0.4 is 0 Å². The third-order valence-electron chi connectivity index (χ3n) is 4.11. The molecular weight excluding hydrogens is 240 g/mol. The number of allylic oxidation sites excluding steroid dienone is 1. The second kappa shape index (κ2) is 4.69. The molecule has 0 aromatic heterocycles. The van der Waals surface area contributed by atoms with Crippen LogP contribution in [0, 0.1) is 12.3 Å². The monoisotopic (exact) mass is 258 g/mol. The number of hydrogen-bond acceptors (Lipinski definition) is 0. The highest BCUT2D eigenvalue weighted by Crippen LogP contribution is 2.41. The van der Waals surface area contributed by atoms with Crippen molar-refractivity contribution in [2.24, 2.45) is 0 Å². The van der Waals surface area contributed by atoms with Crippen LogP contribution in [0.4, 0.5) is 0 Å². The summed E-state index contributed by atoms with van der Waals surface area (Å²) in [5.74, 6) is 2.75. The van der Waals surface area contributed by atoms with Crippen molar-refractivity contribution < 1.29 is 0 Å². The summed E-state index contributed by atoms with van der Waals surface area (Å²) in [6.07, 6.45) is 8.97. The minimum Gasteiger partial charge on any atom is -0.115 e. The first-order valence-corrected chi connectivity index (χ1v) is 6.99. The molecule has 0 unspecified atom stereocenters. The van der Waals surface area contributed by atoms with E-state index in [1.54, 1.807) is 0 Å². The second-order valence-electron chi connectivity index (χ2n) is 5.98. The lowest BCUT2D eigenvalue weighted by atomic mass is 9.72. The predicted octanol–water partition coefficient (Wildman–Crippen LogP) is 4.78. The fourth-order valence-electron chi connectivity index (χ4n) is 2.92. The highest BCUT2D eigenvalue weighted by Gasteiger charge is 2.28. The normalized spacial score (nSPS) is 15.9. The van der Waals surface area contributed by atoms with Crippen molar-refractivity contribution in [3.63, 3.8) is 0 Å². The van der Waals surface area contributed by atoms with Crippen molar-refractivity contribution in [2.75, 3.05) is 0 Å². The first-order valence-electron chi connectivity index (χ1n) is 6.99. The standard InChI is InChI=1S/C20H18/c1-4-15-10-11-19-18(14-15)17(12-13-20(19,2)3)16-8-6-5-7-9-16/h1,5-12,14H,13H2,2-3H3. The Morgan fingerprint density at radius 1 is 1.05 bits per heavy atom. The molecule has 0 atom stereocenters. The van der Waals surface area contributed by atoms with E-state index in [2.05, 4.69) is 74.4 Å². The van der Waals surface area contributed by atoms with Gasteiger partial charge in [-0.15, -0.1) is 6.42 Å². The van der Waals surface area contributed by atoms with Crippen LogP contribution in [0.2, 0.25) is 0 Å². The molecule has 0 radical (unpaired) electrons. The quantitative estimate of drug-likeness (QED) is 0.646. The molecule has 0 aliphatic heterocycles. The summed E-state index contributed by atoms with van der Waals surface area (Å²) in [6, 6.07) is 16.9. The highest BCUT2D eigenvalue weighted by molar-refractivity contribution is 5.84. The van der Waals surface area contributed by atoms with Crippen molar-refractivity contribution in [3.8, 4) is 12.3 Å². The van der Waals surface area contributed by atoms with E-state index < -0.39 is 0 Å². The molecule has 0 spiro atoms. The van der Waals surface area contributed by atoms with Gasteiger partial charge in [0, 0.05) is 5.56 Å². The minimum atomic E-state index is 0.167. The van der Waals surface area contributed by atoms with Crippen LogP contribution in [-0.2, 0) is 5.41 Å². The van der Waals surface area contributed by atoms with Crippen LogP contribution in [0.1, 0.15) is 42.5 Å². The summed E-state index contributed by atoms with van der Waals surface area (Å²) >= 11 is 0. The van der Waals surface area contributed by atoms with Gasteiger partial charge in [0.1, 0.15) is 0 Å². The van der Waals surface area contributed by atoms with Crippen molar-refractivity contribution in [3.05, 3.63) is 76.9 Å². The highest BCUT2D eigenvalue weighted by atomic mass is 14.3. The van der Waals surface area contributed by atoms with Gasteiger partial charge in [-0.2, -0.15) is 0 Å². The van der Waals surface area contributed by atoms with Gasteiger partial charge in [0.2, 0.25) is 0 Å². The van der Waals surface area contributed by atoms with E-state index in [-0.39, 0.29) is 5.41 Å². The van der Waals surface area contributed by atoms with Gasteiger partial charge in [0.05, 0.1) is 0 Å². The van der Waals surface area contributed by atoms with Gasteiger partial charge in [0.25, 0.3) is 0 Å². The molecule has 2 aromatic carbocycles. The number of fused-ring (bicyclic) bond motifs is 1. The molecule has 0 bridgehead atoms. The summed E-state index contributed by atoms with van der Waals surface area (Å²) in [4.78, 5) is 0. The molecule has 0 amide bonds. The van der Waals surface area contributed by atoms with Crippen molar-refractivity contribution >= 4 is 5.57 Å². The Balaban J connectivity index is 2.22. The molecule has 0 saturated heterocycles. The third-order valence-corrected chi connectivity index (χ3v) is 4.11. The van der Waals surface area contributed by atoms with Crippen LogP contribution in [0.3, 0.4) is 0 Å².